The Morgan fingerprint density at radius 1 is 1.18 bits per heavy atom. The monoisotopic (exact) mass is 388 g/mol. The second-order valence-corrected chi connectivity index (χ2v) is 9.21. The average molecular weight is 389 g/mol. The van der Waals surface area contributed by atoms with Gasteiger partial charge in [-0.1, -0.05) is 27.2 Å². The van der Waals surface area contributed by atoms with Gasteiger partial charge in [-0.25, -0.2) is 4.39 Å². The van der Waals surface area contributed by atoms with Crippen molar-refractivity contribution in [3.8, 4) is 5.75 Å². The lowest BCUT2D eigenvalue weighted by atomic mass is 9.80. The number of halogens is 1. The SMILES string of the molecule is CCC(C)C1CC2CCC(C1)N2CC(C)CN1C(=O)COc2cc(F)ccc21. The van der Waals surface area contributed by atoms with Crippen LogP contribution in [0.1, 0.15) is 52.9 Å². The molecule has 2 bridgehead atoms. The van der Waals surface area contributed by atoms with Crippen molar-refractivity contribution >= 4 is 11.6 Å². The van der Waals surface area contributed by atoms with Crippen molar-refractivity contribution in [2.45, 2.75) is 65.0 Å². The number of hydrogen-bond acceptors (Lipinski definition) is 3. The molecule has 4 rings (SSSR count). The summed E-state index contributed by atoms with van der Waals surface area (Å²) in [4.78, 5) is 17.0. The minimum atomic E-state index is -0.332. The number of piperidine rings is 1. The zero-order valence-electron chi connectivity index (χ0n) is 17.4. The van der Waals surface area contributed by atoms with E-state index in [-0.39, 0.29) is 18.3 Å². The number of benzene rings is 1. The maximum Gasteiger partial charge on any atom is 0.265 e. The Balaban J connectivity index is 1.40. The molecule has 3 aliphatic rings. The molecular formula is C23H33FN2O2. The smallest absolute Gasteiger partial charge is 0.265 e. The predicted octanol–water partition coefficient (Wildman–Crippen LogP) is 4.48. The van der Waals surface area contributed by atoms with Crippen molar-refractivity contribution in [1.82, 2.24) is 4.90 Å². The van der Waals surface area contributed by atoms with E-state index in [4.69, 9.17) is 4.74 Å². The van der Waals surface area contributed by atoms with Crippen LogP contribution >= 0.6 is 0 Å². The van der Waals surface area contributed by atoms with E-state index >= 15 is 0 Å². The Labute approximate surface area is 168 Å². The number of ether oxygens (including phenoxy) is 1. The highest BCUT2D eigenvalue weighted by atomic mass is 19.1. The summed E-state index contributed by atoms with van der Waals surface area (Å²) in [6, 6.07) is 5.86. The van der Waals surface area contributed by atoms with Gasteiger partial charge < -0.3 is 9.64 Å². The first-order valence-corrected chi connectivity index (χ1v) is 10.9. The van der Waals surface area contributed by atoms with Crippen LogP contribution in [0.25, 0.3) is 0 Å². The van der Waals surface area contributed by atoms with Gasteiger partial charge in [0.05, 0.1) is 5.69 Å². The van der Waals surface area contributed by atoms with Crippen molar-refractivity contribution in [3.63, 3.8) is 0 Å². The first-order valence-electron chi connectivity index (χ1n) is 10.9. The first kappa shape index (κ1) is 19.7. The van der Waals surface area contributed by atoms with Gasteiger partial charge >= 0.3 is 0 Å². The van der Waals surface area contributed by atoms with Crippen LogP contribution in [0.4, 0.5) is 10.1 Å². The zero-order valence-corrected chi connectivity index (χ0v) is 17.4. The van der Waals surface area contributed by atoms with Gasteiger partial charge in [0.2, 0.25) is 0 Å². The van der Waals surface area contributed by atoms with E-state index in [1.165, 1.54) is 44.2 Å². The predicted molar refractivity (Wildman–Crippen MR) is 109 cm³/mol. The van der Waals surface area contributed by atoms with Crippen molar-refractivity contribution in [2.24, 2.45) is 17.8 Å². The molecule has 0 N–H and O–H groups in total. The zero-order chi connectivity index (χ0) is 19.8. The average Bonchev–Trinajstić information content (AvgIpc) is 2.90. The molecule has 1 aromatic rings. The summed E-state index contributed by atoms with van der Waals surface area (Å²) in [6.45, 7) is 8.63. The minimum absolute atomic E-state index is 0.00523. The van der Waals surface area contributed by atoms with Gasteiger partial charge in [-0.2, -0.15) is 0 Å². The molecular weight excluding hydrogens is 355 g/mol. The Bertz CT molecular complexity index is 711. The van der Waals surface area contributed by atoms with Gasteiger partial charge in [0.1, 0.15) is 11.6 Å². The summed E-state index contributed by atoms with van der Waals surface area (Å²) in [5.41, 5.74) is 0.697. The Kier molecular flexibility index (Phi) is 5.64. The first-order chi connectivity index (χ1) is 13.5. The molecule has 154 valence electrons. The molecule has 0 saturated carbocycles. The maximum absolute atomic E-state index is 13.5. The van der Waals surface area contributed by atoms with Gasteiger partial charge in [-0.3, -0.25) is 9.69 Å². The topological polar surface area (TPSA) is 32.8 Å². The molecule has 1 aromatic carbocycles. The minimum Gasteiger partial charge on any atom is -0.481 e. The highest BCUT2D eigenvalue weighted by Crippen LogP contribution is 2.42. The standard InChI is InChI=1S/C23H33FN2O2/c1-4-16(3)17-9-19-6-7-20(10-17)25(19)12-15(2)13-26-21-8-5-18(24)11-22(21)28-14-23(26)27/h5,8,11,15-17,19-20H,4,6-7,9-10,12-14H2,1-3H3. The highest BCUT2D eigenvalue weighted by Gasteiger charge is 2.42. The number of hydrogen-bond donors (Lipinski definition) is 0. The molecule has 3 heterocycles. The van der Waals surface area contributed by atoms with Gasteiger partial charge in [0.15, 0.2) is 6.61 Å². The van der Waals surface area contributed by atoms with E-state index in [9.17, 15) is 9.18 Å². The number of rotatable bonds is 6. The van der Waals surface area contributed by atoms with E-state index in [0.29, 0.717) is 36.0 Å². The summed E-state index contributed by atoms with van der Waals surface area (Å²) in [5.74, 6) is 2.16. The normalized spacial score (nSPS) is 29.4. The molecule has 5 heteroatoms. The lowest BCUT2D eigenvalue weighted by Gasteiger charge is -2.42. The van der Waals surface area contributed by atoms with Crippen molar-refractivity contribution in [2.75, 3.05) is 24.6 Å². The van der Waals surface area contributed by atoms with E-state index in [1.54, 1.807) is 11.0 Å². The van der Waals surface area contributed by atoms with Crippen LogP contribution in [-0.2, 0) is 4.79 Å². The fourth-order valence-electron chi connectivity index (χ4n) is 5.52. The number of fused-ring (bicyclic) bond motifs is 3. The fourth-order valence-corrected chi connectivity index (χ4v) is 5.52. The van der Waals surface area contributed by atoms with Crippen molar-refractivity contribution < 1.29 is 13.9 Å². The molecule has 4 atom stereocenters. The molecule has 28 heavy (non-hydrogen) atoms. The van der Waals surface area contributed by atoms with Crippen LogP contribution in [0.2, 0.25) is 0 Å². The lowest BCUT2D eigenvalue weighted by Crippen LogP contribution is -2.48. The summed E-state index contributed by atoms with van der Waals surface area (Å²) < 4.78 is 18.9. The van der Waals surface area contributed by atoms with Crippen LogP contribution in [0.5, 0.6) is 5.75 Å². The molecule has 3 aliphatic heterocycles. The van der Waals surface area contributed by atoms with Crippen molar-refractivity contribution in [3.05, 3.63) is 24.0 Å². The molecule has 1 amide bonds. The third-order valence-electron chi connectivity index (χ3n) is 7.25. The van der Waals surface area contributed by atoms with Gasteiger partial charge in [-0.15, -0.1) is 0 Å². The molecule has 0 radical (unpaired) electrons. The molecule has 0 aromatic heterocycles. The number of anilines is 1. The second kappa shape index (κ2) is 8.02. The fraction of sp³-hybridized carbons (Fsp3) is 0.696. The van der Waals surface area contributed by atoms with E-state index in [2.05, 4.69) is 25.7 Å². The Morgan fingerprint density at radius 2 is 1.89 bits per heavy atom. The summed E-state index contributed by atoms with van der Waals surface area (Å²) in [5, 5.41) is 0. The quantitative estimate of drug-likeness (QED) is 0.720. The Morgan fingerprint density at radius 3 is 2.57 bits per heavy atom. The number of carbonyl (C=O) groups excluding carboxylic acids is 1. The molecule has 0 aliphatic carbocycles. The molecule has 2 fully saturated rings. The number of amides is 1. The summed E-state index contributed by atoms with van der Waals surface area (Å²) in [6.07, 6.45) is 6.58. The maximum atomic E-state index is 13.5. The van der Waals surface area contributed by atoms with E-state index in [1.807, 2.05) is 0 Å². The highest BCUT2D eigenvalue weighted by molar-refractivity contribution is 5.97. The summed E-state index contributed by atoms with van der Waals surface area (Å²) >= 11 is 0. The van der Waals surface area contributed by atoms with Crippen LogP contribution in [-0.4, -0.2) is 42.6 Å². The third-order valence-corrected chi connectivity index (χ3v) is 7.25. The van der Waals surface area contributed by atoms with Crippen LogP contribution < -0.4 is 9.64 Å². The Hall–Kier alpha value is -1.62. The van der Waals surface area contributed by atoms with Gasteiger partial charge in [0, 0.05) is 31.2 Å². The lowest BCUT2D eigenvalue weighted by molar-refractivity contribution is -0.121. The number of nitrogens with zero attached hydrogens (tertiary/aromatic N) is 2. The van der Waals surface area contributed by atoms with E-state index < -0.39 is 0 Å². The second-order valence-electron chi connectivity index (χ2n) is 9.21. The molecule has 2 saturated heterocycles. The largest absolute Gasteiger partial charge is 0.481 e. The molecule has 0 spiro atoms. The number of carbonyl (C=O) groups is 1. The van der Waals surface area contributed by atoms with Crippen molar-refractivity contribution in [1.29, 1.82) is 0 Å². The molecule has 4 unspecified atom stereocenters. The van der Waals surface area contributed by atoms with Crippen LogP contribution in [0, 0.1) is 23.6 Å². The van der Waals surface area contributed by atoms with Crippen LogP contribution in [0.15, 0.2) is 18.2 Å². The van der Waals surface area contributed by atoms with Gasteiger partial charge in [0.25, 0.3) is 5.91 Å². The van der Waals surface area contributed by atoms with E-state index in [0.717, 1.165) is 18.4 Å². The summed E-state index contributed by atoms with van der Waals surface area (Å²) in [7, 11) is 0. The molecule has 4 nitrogen and oxygen atoms in total. The van der Waals surface area contributed by atoms with Gasteiger partial charge in [-0.05, 0) is 55.6 Å². The van der Waals surface area contributed by atoms with Crippen LogP contribution in [0.3, 0.4) is 0 Å². The third kappa shape index (κ3) is 3.78.